The van der Waals surface area contributed by atoms with E-state index in [1.165, 1.54) is 19.3 Å². The molecule has 0 spiro atoms. The minimum atomic E-state index is 0.821. The summed E-state index contributed by atoms with van der Waals surface area (Å²) in [5, 5.41) is 6.71. The van der Waals surface area contributed by atoms with Gasteiger partial charge in [0.1, 0.15) is 17.5 Å². The largest absolute Gasteiger partial charge is 0.370 e. The minimum Gasteiger partial charge on any atom is -0.370 e. The Kier molecular flexibility index (Phi) is 4.18. The average molecular weight is 234 g/mol. The molecule has 0 amide bonds. The van der Waals surface area contributed by atoms with Gasteiger partial charge in [-0.1, -0.05) is 13.3 Å². The lowest BCUT2D eigenvalue weighted by Gasteiger charge is -2.25. The Balaban J connectivity index is 1.92. The van der Waals surface area contributed by atoms with E-state index in [1.807, 2.05) is 13.0 Å². The van der Waals surface area contributed by atoms with Crippen LogP contribution in [-0.2, 0) is 0 Å². The zero-order valence-electron chi connectivity index (χ0n) is 10.8. The predicted molar refractivity (Wildman–Crippen MR) is 71.4 cm³/mol. The van der Waals surface area contributed by atoms with Crippen molar-refractivity contribution in [2.75, 3.05) is 23.7 Å². The first kappa shape index (κ1) is 12.1. The molecular weight excluding hydrogens is 212 g/mol. The number of aromatic nitrogens is 2. The normalized spacial score (nSPS) is 15.4. The molecule has 0 atom stereocenters. The maximum Gasteiger partial charge on any atom is 0.131 e. The molecule has 1 aliphatic rings. The van der Waals surface area contributed by atoms with Crippen molar-refractivity contribution < 1.29 is 0 Å². The van der Waals surface area contributed by atoms with Gasteiger partial charge in [-0.25, -0.2) is 9.97 Å². The van der Waals surface area contributed by atoms with Gasteiger partial charge in [0.2, 0.25) is 0 Å². The third-order valence-corrected chi connectivity index (χ3v) is 3.19. The van der Waals surface area contributed by atoms with Gasteiger partial charge in [-0.2, -0.15) is 0 Å². The summed E-state index contributed by atoms with van der Waals surface area (Å²) in [7, 11) is 0. The summed E-state index contributed by atoms with van der Waals surface area (Å²) < 4.78 is 0. The van der Waals surface area contributed by atoms with Crippen molar-refractivity contribution in [2.24, 2.45) is 5.92 Å². The molecule has 17 heavy (non-hydrogen) atoms. The zero-order chi connectivity index (χ0) is 12.1. The van der Waals surface area contributed by atoms with Gasteiger partial charge in [-0.15, -0.1) is 0 Å². The molecule has 2 rings (SSSR count). The molecule has 1 aromatic heterocycles. The summed E-state index contributed by atoms with van der Waals surface area (Å²) in [4.78, 5) is 8.78. The van der Waals surface area contributed by atoms with E-state index in [9.17, 15) is 0 Å². The van der Waals surface area contributed by atoms with Crippen molar-refractivity contribution in [1.82, 2.24) is 9.97 Å². The maximum atomic E-state index is 4.41. The Morgan fingerprint density at radius 3 is 2.53 bits per heavy atom. The molecule has 94 valence electrons. The Labute approximate surface area is 103 Å². The van der Waals surface area contributed by atoms with Crippen LogP contribution in [0.25, 0.3) is 0 Å². The van der Waals surface area contributed by atoms with E-state index in [4.69, 9.17) is 0 Å². The van der Waals surface area contributed by atoms with E-state index < -0.39 is 0 Å². The van der Waals surface area contributed by atoms with Crippen molar-refractivity contribution in [1.29, 1.82) is 0 Å². The quantitative estimate of drug-likeness (QED) is 0.794. The minimum absolute atomic E-state index is 0.821. The average Bonchev–Trinajstić information content (AvgIpc) is 2.23. The molecule has 0 aliphatic heterocycles. The topological polar surface area (TPSA) is 49.8 Å². The van der Waals surface area contributed by atoms with E-state index in [0.29, 0.717) is 0 Å². The molecule has 0 aromatic carbocycles. The van der Waals surface area contributed by atoms with Crippen molar-refractivity contribution in [2.45, 2.75) is 39.5 Å². The molecule has 4 nitrogen and oxygen atoms in total. The highest BCUT2D eigenvalue weighted by atomic mass is 15.1. The van der Waals surface area contributed by atoms with Crippen LogP contribution in [0.4, 0.5) is 11.6 Å². The summed E-state index contributed by atoms with van der Waals surface area (Å²) in [5.74, 6) is 3.54. The summed E-state index contributed by atoms with van der Waals surface area (Å²) >= 11 is 0. The Morgan fingerprint density at radius 2 is 1.94 bits per heavy atom. The van der Waals surface area contributed by atoms with E-state index >= 15 is 0 Å². The summed E-state index contributed by atoms with van der Waals surface area (Å²) in [6.07, 6.45) is 5.21. The molecule has 4 heteroatoms. The Hall–Kier alpha value is -1.32. The van der Waals surface area contributed by atoms with Crippen LogP contribution < -0.4 is 10.6 Å². The van der Waals surface area contributed by atoms with Gasteiger partial charge in [0.25, 0.3) is 0 Å². The van der Waals surface area contributed by atoms with Crippen LogP contribution in [0.1, 0.15) is 38.4 Å². The second-order valence-electron chi connectivity index (χ2n) is 4.79. The first-order chi connectivity index (χ1) is 8.28. The highest BCUT2D eigenvalue weighted by molar-refractivity contribution is 5.47. The summed E-state index contributed by atoms with van der Waals surface area (Å²) in [6, 6.07) is 2.00. The molecule has 0 unspecified atom stereocenters. The number of hydrogen-bond acceptors (Lipinski definition) is 4. The first-order valence-electron chi connectivity index (χ1n) is 6.61. The molecule has 1 aromatic rings. The molecule has 2 N–H and O–H groups in total. The molecule has 0 bridgehead atoms. The van der Waals surface area contributed by atoms with E-state index in [-0.39, 0.29) is 0 Å². The van der Waals surface area contributed by atoms with Crippen molar-refractivity contribution in [3.8, 4) is 0 Å². The van der Waals surface area contributed by atoms with Gasteiger partial charge in [0, 0.05) is 19.2 Å². The fourth-order valence-corrected chi connectivity index (χ4v) is 1.95. The standard InChI is InChI=1S/C13H22N4/c1-3-7-14-12-8-13(17-10(2)16-12)15-9-11-5-4-6-11/h8,11H,3-7,9H2,1-2H3,(H2,14,15,16,17). The highest BCUT2D eigenvalue weighted by Crippen LogP contribution is 2.26. The van der Waals surface area contributed by atoms with Crippen molar-refractivity contribution >= 4 is 11.6 Å². The molecule has 1 saturated carbocycles. The smallest absolute Gasteiger partial charge is 0.131 e. The molecule has 0 radical (unpaired) electrons. The molecule has 0 saturated heterocycles. The summed E-state index contributed by atoms with van der Waals surface area (Å²) in [6.45, 7) is 6.09. The number of rotatable bonds is 6. The number of hydrogen-bond donors (Lipinski definition) is 2. The molecular formula is C13H22N4. The van der Waals surface area contributed by atoms with Crippen LogP contribution in [0.5, 0.6) is 0 Å². The molecule has 1 aliphatic carbocycles. The van der Waals surface area contributed by atoms with Crippen LogP contribution >= 0.6 is 0 Å². The van der Waals surface area contributed by atoms with Crippen molar-refractivity contribution in [3.05, 3.63) is 11.9 Å². The maximum absolute atomic E-state index is 4.41. The number of aryl methyl sites for hydroxylation is 1. The first-order valence-corrected chi connectivity index (χ1v) is 6.61. The lowest BCUT2D eigenvalue weighted by molar-refractivity contribution is 0.333. The number of nitrogens with zero attached hydrogens (tertiary/aromatic N) is 2. The summed E-state index contributed by atoms with van der Waals surface area (Å²) in [5.41, 5.74) is 0. The highest BCUT2D eigenvalue weighted by Gasteiger charge is 2.16. The van der Waals surface area contributed by atoms with Crippen LogP contribution in [0.3, 0.4) is 0 Å². The SMILES string of the molecule is CCCNc1cc(NCC2CCC2)nc(C)n1. The third-order valence-electron chi connectivity index (χ3n) is 3.19. The Morgan fingerprint density at radius 1 is 1.24 bits per heavy atom. The van der Waals surface area contributed by atoms with Crippen LogP contribution in [-0.4, -0.2) is 23.1 Å². The van der Waals surface area contributed by atoms with Crippen LogP contribution in [0.15, 0.2) is 6.07 Å². The van der Waals surface area contributed by atoms with Gasteiger partial charge in [-0.05, 0) is 32.1 Å². The molecule has 1 heterocycles. The second-order valence-corrected chi connectivity index (χ2v) is 4.79. The van der Waals surface area contributed by atoms with Gasteiger partial charge in [0.15, 0.2) is 0 Å². The van der Waals surface area contributed by atoms with E-state index in [0.717, 1.165) is 42.9 Å². The van der Waals surface area contributed by atoms with Crippen LogP contribution in [0.2, 0.25) is 0 Å². The van der Waals surface area contributed by atoms with Gasteiger partial charge in [0.05, 0.1) is 0 Å². The second kappa shape index (κ2) is 5.84. The lowest BCUT2D eigenvalue weighted by atomic mass is 9.85. The number of anilines is 2. The van der Waals surface area contributed by atoms with Gasteiger partial charge >= 0.3 is 0 Å². The van der Waals surface area contributed by atoms with Crippen molar-refractivity contribution in [3.63, 3.8) is 0 Å². The number of nitrogens with one attached hydrogen (secondary N) is 2. The van der Waals surface area contributed by atoms with Gasteiger partial charge < -0.3 is 10.6 Å². The molecule has 1 fully saturated rings. The fraction of sp³-hybridized carbons (Fsp3) is 0.692. The van der Waals surface area contributed by atoms with E-state index in [2.05, 4.69) is 27.5 Å². The van der Waals surface area contributed by atoms with Crippen LogP contribution in [0, 0.1) is 12.8 Å². The zero-order valence-corrected chi connectivity index (χ0v) is 10.8. The third kappa shape index (κ3) is 3.58. The lowest BCUT2D eigenvalue weighted by Crippen LogP contribution is -2.21. The monoisotopic (exact) mass is 234 g/mol. The fourth-order valence-electron chi connectivity index (χ4n) is 1.95. The Bertz CT molecular complexity index is 360. The van der Waals surface area contributed by atoms with Gasteiger partial charge in [-0.3, -0.25) is 0 Å². The van der Waals surface area contributed by atoms with E-state index in [1.54, 1.807) is 0 Å². The predicted octanol–water partition coefficient (Wildman–Crippen LogP) is 2.82.